The second-order valence-corrected chi connectivity index (χ2v) is 26.1. The van der Waals surface area contributed by atoms with Gasteiger partial charge in [-0.1, -0.05) is 60.1 Å². The van der Waals surface area contributed by atoms with Crippen LogP contribution in [0.5, 0.6) is 0 Å². The van der Waals surface area contributed by atoms with Gasteiger partial charge in [-0.05, 0) is 103 Å². The summed E-state index contributed by atoms with van der Waals surface area (Å²) in [6, 6.07) is 0. The van der Waals surface area contributed by atoms with Crippen LogP contribution in [0.4, 0.5) is 0 Å². The molecule has 4 aliphatic heterocycles. The van der Waals surface area contributed by atoms with Crippen LogP contribution in [0.1, 0.15) is 106 Å². The van der Waals surface area contributed by atoms with E-state index in [1.165, 1.54) is 5.57 Å². The SMILES string of the molecule is CC1(C)CC[C@@]2(CO[C@H]3O[C@@H](CO)[C@H](O)[C@@H](O)[C@@H]3O)[C@H](O)C[C@@]3(C)C(=CCC4[C@]5(C)CC[C@@H](O[C@H]6O[C@@H](CO[C@H]7O[C@@H](CO[C@H]8OC[C@H](O)[C@@H](O)[C@@H]8O)[C@H](O)[C@@H](O)[C@@H]7O)[C@H](O)[C@@H](O)[C@@H]6O)C(C)(C)C5CC[C@@]43C)[C@H]2C1. The molecule has 5 aliphatic carbocycles. The van der Waals surface area contributed by atoms with Crippen LogP contribution >= 0.6 is 0 Å². The van der Waals surface area contributed by atoms with E-state index in [-0.39, 0.29) is 47.2 Å². The molecule has 0 aromatic carbocycles. The second kappa shape index (κ2) is 21.3. The van der Waals surface area contributed by atoms with Crippen LogP contribution in [0.15, 0.2) is 11.6 Å². The molecule has 28 atom stereocenters. The van der Waals surface area contributed by atoms with Gasteiger partial charge in [0.25, 0.3) is 0 Å². The lowest BCUT2D eigenvalue weighted by Gasteiger charge is -2.72. The van der Waals surface area contributed by atoms with E-state index in [0.29, 0.717) is 19.3 Å². The molecule has 0 radical (unpaired) electrons. The molecule has 8 fully saturated rings. The second-order valence-electron chi connectivity index (χ2n) is 26.1. The van der Waals surface area contributed by atoms with Crippen LogP contribution in [0, 0.1) is 50.2 Å². The predicted octanol–water partition coefficient (Wildman–Crippen LogP) is -1.95. The zero-order chi connectivity index (χ0) is 54.7. The summed E-state index contributed by atoms with van der Waals surface area (Å²) in [6.07, 6.45) is -21.2. The van der Waals surface area contributed by atoms with Gasteiger partial charge in [0.1, 0.15) is 91.6 Å². The molecule has 14 N–H and O–H groups in total. The van der Waals surface area contributed by atoms with Crippen LogP contribution in [-0.2, 0) is 37.9 Å². The van der Waals surface area contributed by atoms with Crippen LogP contribution in [0.25, 0.3) is 0 Å². The van der Waals surface area contributed by atoms with Crippen molar-refractivity contribution in [2.24, 2.45) is 50.2 Å². The summed E-state index contributed by atoms with van der Waals surface area (Å²) >= 11 is 0. The summed E-state index contributed by atoms with van der Waals surface area (Å²) in [4.78, 5) is 0. The van der Waals surface area contributed by atoms with Gasteiger partial charge >= 0.3 is 0 Å². The first-order chi connectivity index (χ1) is 35.1. The van der Waals surface area contributed by atoms with Crippen molar-refractivity contribution in [1.82, 2.24) is 0 Å². The Kier molecular flexibility index (Phi) is 16.6. The Labute approximate surface area is 438 Å². The molecule has 432 valence electrons. The van der Waals surface area contributed by atoms with Crippen molar-refractivity contribution in [3.63, 3.8) is 0 Å². The van der Waals surface area contributed by atoms with Gasteiger partial charge in [-0.2, -0.15) is 0 Å². The predicted molar refractivity (Wildman–Crippen MR) is 258 cm³/mol. The highest BCUT2D eigenvalue weighted by atomic mass is 16.7. The number of aliphatic hydroxyl groups is 14. The molecule has 4 heterocycles. The van der Waals surface area contributed by atoms with E-state index in [1.807, 2.05) is 0 Å². The number of hydrogen-bond donors (Lipinski definition) is 14. The van der Waals surface area contributed by atoms with Gasteiger partial charge in [-0.3, -0.25) is 0 Å². The summed E-state index contributed by atoms with van der Waals surface area (Å²) in [5.74, 6) is 0.292. The smallest absolute Gasteiger partial charge is 0.186 e. The highest BCUT2D eigenvalue weighted by Gasteiger charge is 2.70. The van der Waals surface area contributed by atoms with Gasteiger partial charge in [0.05, 0.1) is 45.2 Å². The number of ether oxygens (including phenoxy) is 8. The van der Waals surface area contributed by atoms with Crippen LogP contribution in [0.3, 0.4) is 0 Å². The monoisotopic (exact) mass is 1080 g/mol. The fraction of sp³-hybridized carbons (Fsp3) is 0.962. The lowest BCUT2D eigenvalue weighted by Crippen LogP contribution is -2.67. The Morgan fingerprint density at radius 3 is 1.72 bits per heavy atom. The molecule has 22 heteroatoms. The molecule has 4 saturated carbocycles. The molecule has 0 aromatic heterocycles. The Hall–Kier alpha value is -1.14. The average Bonchev–Trinajstić information content (AvgIpc) is 3.37. The molecule has 22 nitrogen and oxygen atoms in total. The minimum Gasteiger partial charge on any atom is -0.394 e. The van der Waals surface area contributed by atoms with Crippen molar-refractivity contribution in [2.45, 2.75) is 235 Å². The highest BCUT2D eigenvalue weighted by Crippen LogP contribution is 2.76. The van der Waals surface area contributed by atoms with Crippen LogP contribution in [0.2, 0.25) is 0 Å². The lowest BCUT2D eigenvalue weighted by atomic mass is 9.33. The molecule has 9 aliphatic rings. The molecule has 0 aromatic rings. The van der Waals surface area contributed by atoms with Crippen molar-refractivity contribution >= 4 is 0 Å². The van der Waals surface area contributed by atoms with Crippen molar-refractivity contribution in [1.29, 1.82) is 0 Å². The van der Waals surface area contributed by atoms with Crippen molar-refractivity contribution in [3.05, 3.63) is 11.6 Å². The van der Waals surface area contributed by atoms with Crippen molar-refractivity contribution in [2.75, 3.05) is 33.0 Å². The van der Waals surface area contributed by atoms with E-state index < -0.39 is 165 Å². The minimum atomic E-state index is -1.80. The third kappa shape index (κ3) is 9.84. The lowest BCUT2D eigenvalue weighted by molar-refractivity contribution is -0.348. The summed E-state index contributed by atoms with van der Waals surface area (Å²) in [6.45, 7) is 14.1. The normalized spacial score (nSPS) is 54.7. The van der Waals surface area contributed by atoms with Gasteiger partial charge in [-0.15, -0.1) is 0 Å². The topological polar surface area (TPSA) is 357 Å². The van der Waals surface area contributed by atoms with Gasteiger partial charge in [0, 0.05) is 5.41 Å². The molecule has 4 saturated heterocycles. The quantitative estimate of drug-likeness (QED) is 0.0746. The van der Waals surface area contributed by atoms with Crippen LogP contribution in [-0.4, -0.2) is 233 Å². The van der Waals surface area contributed by atoms with Gasteiger partial charge in [0.2, 0.25) is 0 Å². The maximum atomic E-state index is 12.7. The van der Waals surface area contributed by atoms with Crippen molar-refractivity contribution in [3.8, 4) is 0 Å². The zero-order valence-electron chi connectivity index (χ0n) is 44.4. The maximum absolute atomic E-state index is 12.7. The number of fused-ring (bicyclic) bond motifs is 7. The first-order valence-electron chi connectivity index (χ1n) is 27.3. The third-order valence-electron chi connectivity index (χ3n) is 21.1. The minimum absolute atomic E-state index is 0.0337. The molecule has 0 spiro atoms. The Morgan fingerprint density at radius 1 is 0.547 bits per heavy atom. The Balaban J connectivity index is 0.876. The molecular formula is C53H88O22. The summed E-state index contributed by atoms with van der Waals surface area (Å²) in [7, 11) is 0. The van der Waals surface area contributed by atoms with E-state index in [9.17, 15) is 71.5 Å². The summed E-state index contributed by atoms with van der Waals surface area (Å²) in [5, 5.41) is 150. The molecule has 9 rings (SSSR count). The molecule has 2 unspecified atom stereocenters. The van der Waals surface area contributed by atoms with Gasteiger partial charge in [0.15, 0.2) is 25.2 Å². The number of rotatable bonds is 12. The maximum Gasteiger partial charge on any atom is 0.186 e. The molecule has 75 heavy (non-hydrogen) atoms. The number of aliphatic hydroxyl groups excluding tert-OH is 14. The number of hydrogen-bond acceptors (Lipinski definition) is 22. The average molecular weight is 1080 g/mol. The van der Waals surface area contributed by atoms with E-state index >= 15 is 0 Å². The molecule has 0 bridgehead atoms. The number of allylic oxidation sites excluding steroid dienone is 2. The highest BCUT2D eigenvalue weighted by molar-refractivity contribution is 5.35. The fourth-order valence-electron chi connectivity index (χ4n) is 16.2. The zero-order valence-corrected chi connectivity index (χ0v) is 44.4. The van der Waals surface area contributed by atoms with Crippen molar-refractivity contribution < 1.29 is 109 Å². The molecular weight excluding hydrogens is 989 g/mol. The summed E-state index contributed by atoms with van der Waals surface area (Å²) < 4.78 is 47.3. The Morgan fingerprint density at radius 2 is 1.09 bits per heavy atom. The molecule has 0 amide bonds. The summed E-state index contributed by atoms with van der Waals surface area (Å²) in [5.41, 5.74) is -0.719. The van der Waals surface area contributed by atoms with E-state index in [1.54, 1.807) is 0 Å². The van der Waals surface area contributed by atoms with Gasteiger partial charge in [-0.25, -0.2) is 0 Å². The fourth-order valence-corrected chi connectivity index (χ4v) is 16.2. The van der Waals surface area contributed by atoms with E-state index in [2.05, 4.69) is 54.5 Å². The largest absolute Gasteiger partial charge is 0.394 e. The van der Waals surface area contributed by atoms with E-state index in [0.717, 1.165) is 38.5 Å². The van der Waals surface area contributed by atoms with Crippen LogP contribution < -0.4 is 0 Å². The Bertz CT molecular complexity index is 2010. The van der Waals surface area contributed by atoms with Gasteiger partial charge < -0.3 is 109 Å². The van der Waals surface area contributed by atoms with E-state index in [4.69, 9.17) is 37.9 Å². The third-order valence-corrected chi connectivity index (χ3v) is 21.1. The first kappa shape index (κ1) is 58.5. The first-order valence-corrected chi connectivity index (χ1v) is 27.3. The standard InChI is InChI=1S/C53H88O22/c1-48(2)14-15-53(22-71-46-42(66)37(61)34(58)26(18-54)72-46)24(16-48)23-8-9-30-50(5)12-11-32(49(3,4)29(50)10-13-51(30,6)52(23,7)17-31(53)56)75-47-43(67)39(63)36(60)28(74-47)21-70-45-41(65)38(62)35(59)27(73-45)20-69-44-40(64)33(57)25(55)19-68-44/h8,24-47,54-67H,9-22H2,1-7H3/t24-,25+,26+,27+,28+,29?,30?,31-,32-,33-,34+,35+,36+,37-,38-,39-,40+,41+,42+,43+,44-,45+,46+,47-,50-,51+,52+,53+/m1/s1.